The maximum Gasteiger partial charge on any atom is 0.253 e. The highest BCUT2D eigenvalue weighted by Gasteiger charge is 2.38. The maximum absolute atomic E-state index is 13.3. The lowest BCUT2D eigenvalue weighted by Crippen LogP contribution is -2.49. The first kappa shape index (κ1) is 24.9. The van der Waals surface area contributed by atoms with Gasteiger partial charge in [-0.15, -0.1) is 0 Å². The van der Waals surface area contributed by atoms with Crippen molar-refractivity contribution in [2.24, 2.45) is 0 Å². The van der Waals surface area contributed by atoms with Gasteiger partial charge < -0.3 is 10.2 Å². The minimum Gasteiger partial charge on any atom is -0.345 e. The van der Waals surface area contributed by atoms with Crippen LogP contribution in [0.3, 0.4) is 0 Å². The van der Waals surface area contributed by atoms with Gasteiger partial charge in [-0.05, 0) is 50.1 Å². The maximum atomic E-state index is 13.3. The van der Waals surface area contributed by atoms with Crippen molar-refractivity contribution in [2.45, 2.75) is 37.1 Å². The van der Waals surface area contributed by atoms with E-state index in [2.05, 4.69) is 5.32 Å². The molecule has 1 fully saturated rings. The Bertz CT molecular complexity index is 1180. The van der Waals surface area contributed by atoms with Crippen LogP contribution in [0, 0.1) is 0 Å². The van der Waals surface area contributed by atoms with E-state index < -0.39 is 22.0 Å². The molecule has 0 saturated carbocycles. The monoisotopic (exact) mass is 491 g/mol. The van der Waals surface area contributed by atoms with Gasteiger partial charge in [-0.25, -0.2) is 8.42 Å². The lowest BCUT2D eigenvalue weighted by Gasteiger charge is -2.33. The van der Waals surface area contributed by atoms with Gasteiger partial charge in [0.1, 0.15) is 6.04 Å². The number of nitrogens with one attached hydrogen (secondary N) is 1. The third-order valence-corrected chi connectivity index (χ3v) is 7.75. The number of ketones is 1. The van der Waals surface area contributed by atoms with Crippen molar-refractivity contribution in [3.8, 4) is 0 Å². The molecule has 1 atom stereocenters. The molecule has 0 bridgehead atoms. The molecular weight excluding hydrogens is 466 g/mol. The third kappa shape index (κ3) is 5.43. The Morgan fingerprint density at radius 3 is 2.27 bits per heavy atom. The first-order valence-corrected chi connectivity index (χ1v) is 12.3. The Morgan fingerprint density at radius 1 is 1.03 bits per heavy atom. The number of amides is 2. The molecule has 0 aliphatic carbocycles. The summed E-state index contributed by atoms with van der Waals surface area (Å²) in [4.78, 5) is 38.3. The molecule has 1 aliphatic heterocycles. The number of halogens is 1. The summed E-state index contributed by atoms with van der Waals surface area (Å²) in [6, 6.07) is 9.29. The van der Waals surface area contributed by atoms with Crippen molar-refractivity contribution in [1.82, 2.24) is 9.21 Å². The van der Waals surface area contributed by atoms with Crippen LogP contribution >= 0.6 is 11.6 Å². The summed E-state index contributed by atoms with van der Waals surface area (Å²) in [6.45, 7) is 1.60. The molecule has 1 saturated heterocycles. The summed E-state index contributed by atoms with van der Waals surface area (Å²) in [5, 5.41) is 2.94. The van der Waals surface area contributed by atoms with Crippen LogP contribution in [0.2, 0.25) is 5.02 Å². The van der Waals surface area contributed by atoms with E-state index in [4.69, 9.17) is 11.6 Å². The fourth-order valence-electron chi connectivity index (χ4n) is 3.68. The van der Waals surface area contributed by atoms with Crippen LogP contribution in [-0.4, -0.2) is 61.9 Å². The molecule has 8 nitrogen and oxygen atoms in total. The molecule has 0 spiro atoms. The zero-order valence-corrected chi connectivity index (χ0v) is 20.2. The number of carbonyl (C=O) groups excluding carboxylic acids is 3. The quantitative estimate of drug-likeness (QED) is 0.623. The molecule has 176 valence electrons. The average Bonchev–Trinajstić information content (AvgIpc) is 2.80. The summed E-state index contributed by atoms with van der Waals surface area (Å²) < 4.78 is 27.8. The van der Waals surface area contributed by atoms with Crippen LogP contribution < -0.4 is 5.32 Å². The zero-order chi connectivity index (χ0) is 24.3. The van der Waals surface area contributed by atoms with E-state index >= 15 is 0 Å². The summed E-state index contributed by atoms with van der Waals surface area (Å²) in [5.74, 6) is -0.936. The summed E-state index contributed by atoms with van der Waals surface area (Å²) in [6.07, 6.45) is 1.67. The summed E-state index contributed by atoms with van der Waals surface area (Å²) >= 11 is 6.23. The number of hydrogen-bond donors (Lipinski definition) is 1. The van der Waals surface area contributed by atoms with Crippen molar-refractivity contribution in [1.29, 1.82) is 0 Å². The van der Waals surface area contributed by atoms with E-state index in [-0.39, 0.29) is 33.8 Å². The Hall–Kier alpha value is -2.75. The predicted molar refractivity (Wildman–Crippen MR) is 126 cm³/mol. The Morgan fingerprint density at radius 2 is 1.67 bits per heavy atom. The van der Waals surface area contributed by atoms with E-state index in [0.717, 1.165) is 0 Å². The standard InChI is InChI=1S/C23H26ClN3O5S/c1-15(28)16-7-10-18(11-8-16)33(31,32)27-13-5-4-6-21(27)22(29)25-20-14-17(9-12-19(20)24)23(30)26(2)3/h7-12,14,21H,4-6,13H2,1-3H3,(H,25,29). The number of anilines is 1. The fourth-order valence-corrected chi connectivity index (χ4v) is 5.50. The zero-order valence-electron chi connectivity index (χ0n) is 18.7. The first-order valence-electron chi connectivity index (χ1n) is 10.5. The van der Waals surface area contributed by atoms with E-state index in [1.165, 1.54) is 52.5 Å². The van der Waals surface area contributed by atoms with Crippen LogP contribution in [0.5, 0.6) is 0 Å². The first-order chi connectivity index (χ1) is 15.5. The molecule has 1 heterocycles. The molecule has 0 aromatic heterocycles. The normalized spacial score (nSPS) is 16.8. The van der Waals surface area contributed by atoms with Crippen LogP contribution in [0.25, 0.3) is 0 Å². The van der Waals surface area contributed by atoms with E-state index in [9.17, 15) is 22.8 Å². The summed E-state index contributed by atoms with van der Waals surface area (Å²) in [7, 11) is -0.739. The smallest absolute Gasteiger partial charge is 0.253 e. The highest BCUT2D eigenvalue weighted by atomic mass is 35.5. The number of hydrogen-bond acceptors (Lipinski definition) is 5. The summed E-state index contributed by atoms with van der Waals surface area (Å²) in [5.41, 5.74) is 0.991. The van der Waals surface area contributed by atoms with Gasteiger partial charge in [-0.1, -0.05) is 30.2 Å². The second-order valence-corrected chi connectivity index (χ2v) is 10.4. The van der Waals surface area contributed by atoms with E-state index in [1.807, 2.05) is 0 Å². The Balaban J connectivity index is 1.87. The van der Waals surface area contributed by atoms with Gasteiger partial charge in [0, 0.05) is 31.8 Å². The van der Waals surface area contributed by atoms with Gasteiger partial charge in [0.15, 0.2) is 5.78 Å². The lowest BCUT2D eigenvalue weighted by atomic mass is 10.0. The van der Waals surface area contributed by atoms with Gasteiger partial charge in [-0.2, -0.15) is 4.31 Å². The molecular formula is C23H26ClN3O5S. The number of rotatable bonds is 6. The van der Waals surface area contributed by atoms with Crippen LogP contribution in [-0.2, 0) is 14.8 Å². The molecule has 3 rings (SSSR count). The topological polar surface area (TPSA) is 104 Å². The third-order valence-electron chi connectivity index (χ3n) is 5.50. The number of Topliss-reactive ketones (excluding diaryl/α,β-unsaturated/α-hetero) is 1. The number of nitrogens with zero attached hydrogens (tertiary/aromatic N) is 2. The number of carbonyl (C=O) groups is 3. The van der Waals surface area contributed by atoms with Gasteiger partial charge >= 0.3 is 0 Å². The van der Waals surface area contributed by atoms with Crippen LogP contribution in [0.1, 0.15) is 46.9 Å². The number of piperidine rings is 1. The Labute approximate surface area is 198 Å². The van der Waals surface area contributed by atoms with Gasteiger partial charge in [0.05, 0.1) is 15.6 Å². The highest BCUT2D eigenvalue weighted by Crippen LogP contribution is 2.29. The minimum atomic E-state index is -3.97. The largest absolute Gasteiger partial charge is 0.345 e. The van der Waals surface area contributed by atoms with Crippen molar-refractivity contribution in [3.63, 3.8) is 0 Å². The van der Waals surface area contributed by atoms with Crippen molar-refractivity contribution >= 4 is 44.9 Å². The fraction of sp³-hybridized carbons (Fsp3) is 0.348. The molecule has 2 amide bonds. The van der Waals surface area contributed by atoms with Crippen molar-refractivity contribution in [2.75, 3.05) is 26.0 Å². The number of benzene rings is 2. The predicted octanol–water partition coefficient (Wildman–Crippen LogP) is 3.43. The second-order valence-electron chi connectivity index (χ2n) is 8.09. The Kier molecular flexibility index (Phi) is 7.56. The molecule has 1 N–H and O–H groups in total. The molecule has 1 unspecified atom stereocenters. The number of sulfonamides is 1. The highest BCUT2D eigenvalue weighted by molar-refractivity contribution is 7.89. The van der Waals surface area contributed by atoms with Crippen molar-refractivity contribution in [3.05, 3.63) is 58.6 Å². The van der Waals surface area contributed by atoms with Crippen LogP contribution in [0.15, 0.2) is 47.4 Å². The average molecular weight is 492 g/mol. The minimum absolute atomic E-state index is 0.0174. The molecule has 0 radical (unpaired) electrons. The van der Waals surface area contributed by atoms with Gasteiger partial charge in [0.2, 0.25) is 15.9 Å². The second kappa shape index (κ2) is 10.0. The molecule has 33 heavy (non-hydrogen) atoms. The van der Waals surface area contributed by atoms with Gasteiger partial charge in [0.25, 0.3) is 5.91 Å². The molecule has 2 aromatic carbocycles. The van der Waals surface area contributed by atoms with Crippen LogP contribution in [0.4, 0.5) is 5.69 Å². The molecule has 10 heteroatoms. The van der Waals surface area contributed by atoms with Crippen molar-refractivity contribution < 1.29 is 22.8 Å². The molecule has 1 aliphatic rings. The lowest BCUT2D eigenvalue weighted by molar-refractivity contribution is -0.120. The molecule has 2 aromatic rings. The SMILES string of the molecule is CC(=O)c1ccc(S(=O)(=O)N2CCCCC2C(=O)Nc2cc(C(=O)N(C)C)ccc2Cl)cc1. The van der Waals surface area contributed by atoms with E-state index in [1.54, 1.807) is 20.2 Å². The van der Waals surface area contributed by atoms with Gasteiger partial charge in [-0.3, -0.25) is 14.4 Å². The van der Waals surface area contributed by atoms with E-state index in [0.29, 0.717) is 30.4 Å².